The van der Waals surface area contributed by atoms with E-state index in [2.05, 4.69) is 6.58 Å². The standard InChI is InChI=1S/C11H14NO2/c1-3-11(13)14-8-6-10-5-4-7-12(2)9-10/h3-5,7,9H,1,6,8H2,2H3/q+1. The van der Waals surface area contributed by atoms with Crippen molar-refractivity contribution in [1.29, 1.82) is 0 Å². The molecule has 0 spiro atoms. The molecule has 1 aromatic heterocycles. The van der Waals surface area contributed by atoms with Gasteiger partial charge in [0.05, 0.1) is 6.61 Å². The molecule has 74 valence electrons. The van der Waals surface area contributed by atoms with Crippen LogP contribution >= 0.6 is 0 Å². The summed E-state index contributed by atoms with van der Waals surface area (Å²) in [5, 5.41) is 0. The highest BCUT2D eigenvalue weighted by molar-refractivity contribution is 5.81. The van der Waals surface area contributed by atoms with E-state index in [1.807, 2.05) is 36.1 Å². The molecule has 14 heavy (non-hydrogen) atoms. The number of esters is 1. The van der Waals surface area contributed by atoms with E-state index in [0.29, 0.717) is 6.61 Å². The lowest BCUT2D eigenvalue weighted by Crippen LogP contribution is -2.27. The van der Waals surface area contributed by atoms with Crippen LogP contribution in [0.2, 0.25) is 0 Å². The zero-order chi connectivity index (χ0) is 10.4. The Morgan fingerprint density at radius 3 is 3.14 bits per heavy atom. The summed E-state index contributed by atoms with van der Waals surface area (Å²) in [5.41, 5.74) is 1.15. The van der Waals surface area contributed by atoms with Crippen molar-refractivity contribution in [2.75, 3.05) is 6.61 Å². The number of carbonyl (C=O) groups excluding carboxylic acids is 1. The first-order chi connectivity index (χ1) is 6.72. The number of aryl methyl sites for hydroxylation is 1. The lowest BCUT2D eigenvalue weighted by atomic mass is 10.2. The molecule has 0 atom stereocenters. The monoisotopic (exact) mass is 192 g/mol. The second-order valence-electron chi connectivity index (χ2n) is 3.00. The predicted molar refractivity (Wildman–Crippen MR) is 52.5 cm³/mol. The quantitative estimate of drug-likeness (QED) is 0.401. The van der Waals surface area contributed by atoms with E-state index in [9.17, 15) is 4.79 Å². The fourth-order valence-corrected chi connectivity index (χ4v) is 1.13. The van der Waals surface area contributed by atoms with Gasteiger partial charge in [0.1, 0.15) is 7.05 Å². The van der Waals surface area contributed by atoms with E-state index in [0.717, 1.165) is 12.0 Å². The highest BCUT2D eigenvalue weighted by Crippen LogP contribution is 1.96. The maximum atomic E-state index is 10.7. The van der Waals surface area contributed by atoms with Crippen LogP contribution in [-0.2, 0) is 23.0 Å². The number of hydrogen-bond acceptors (Lipinski definition) is 2. The van der Waals surface area contributed by atoms with Crippen molar-refractivity contribution in [1.82, 2.24) is 0 Å². The molecule has 3 nitrogen and oxygen atoms in total. The van der Waals surface area contributed by atoms with Gasteiger partial charge in [0.15, 0.2) is 12.4 Å². The Bertz CT molecular complexity index is 334. The second kappa shape index (κ2) is 5.17. The summed E-state index contributed by atoms with van der Waals surface area (Å²) in [4.78, 5) is 10.7. The van der Waals surface area contributed by atoms with Crippen molar-refractivity contribution in [2.45, 2.75) is 6.42 Å². The Morgan fingerprint density at radius 1 is 1.71 bits per heavy atom. The number of pyridine rings is 1. The van der Waals surface area contributed by atoms with Crippen LogP contribution in [0.15, 0.2) is 37.2 Å². The van der Waals surface area contributed by atoms with Crippen molar-refractivity contribution >= 4 is 5.97 Å². The highest BCUT2D eigenvalue weighted by atomic mass is 16.5. The summed E-state index contributed by atoms with van der Waals surface area (Å²) in [6.07, 6.45) is 5.86. The molecule has 3 heteroatoms. The number of carbonyl (C=O) groups is 1. The van der Waals surface area contributed by atoms with Crippen molar-refractivity contribution < 1.29 is 14.1 Å². The zero-order valence-corrected chi connectivity index (χ0v) is 8.27. The molecule has 0 aromatic carbocycles. The van der Waals surface area contributed by atoms with E-state index in [-0.39, 0.29) is 5.97 Å². The minimum atomic E-state index is -0.370. The summed E-state index contributed by atoms with van der Waals surface area (Å²) in [6.45, 7) is 3.72. The first kappa shape index (κ1) is 10.4. The summed E-state index contributed by atoms with van der Waals surface area (Å²) in [5.74, 6) is -0.370. The van der Waals surface area contributed by atoms with Crippen LogP contribution in [0, 0.1) is 0 Å². The third-order valence-electron chi connectivity index (χ3n) is 1.80. The third-order valence-corrected chi connectivity index (χ3v) is 1.80. The van der Waals surface area contributed by atoms with Gasteiger partial charge in [0.2, 0.25) is 0 Å². The largest absolute Gasteiger partial charge is 0.462 e. The molecule has 1 aromatic rings. The summed E-state index contributed by atoms with van der Waals surface area (Å²) in [6, 6.07) is 3.96. The van der Waals surface area contributed by atoms with Crippen molar-refractivity contribution in [3.8, 4) is 0 Å². The van der Waals surface area contributed by atoms with Gasteiger partial charge in [-0.05, 0) is 6.07 Å². The minimum Gasteiger partial charge on any atom is -0.462 e. The number of ether oxygens (including phenoxy) is 1. The second-order valence-corrected chi connectivity index (χ2v) is 3.00. The first-order valence-electron chi connectivity index (χ1n) is 4.46. The fourth-order valence-electron chi connectivity index (χ4n) is 1.13. The van der Waals surface area contributed by atoms with Gasteiger partial charge in [-0.15, -0.1) is 0 Å². The number of nitrogens with zero attached hydrogens (tertiary/aromatic N) is 1. The van der Waals surface area contributed by atoms with Crippen LogP contribution in [0.5, 0.6) is 0 Å². The molecule has 0 fully saturated rings. The van der Waals surface area contributed by atoms with Crippen molar-refractivity contribution in [2.24, 2.45) is 7.05 Å². The van der Waals surface area contributed by atoms with Gasteiger partial charge in [0.25, 0.3) is 0 Å². The normalized spacial score (nSPS) is 9.50. The molecular weight excluding hydrogens is 178 g/mol. The minimum absolute atomic E-state index is 0.370. The van der Waals surface area contributed by atoms with Gasteiger partial charge in [-0.1, -0.05) is 6.58 Å². The SMILES string of the molecule is C=CC(=O)OCCc1ccc[n+](C)c1. The van der Waals surface area contributed by atoms with Crippen LogP contribution in [-0.4, -0.2) is 12.6 Å². The molecule has 0 saturated heterocycles. The molecule has 0 bridgehead atoms. The van der Waals surface area contributed by atoms with Crippen molar-refractivity contribution in [3.63, 3.8) is 0 Å². The van der Waals surface area contributed by atoms with Gasteiger partial charge in [-0.25, -0.2) is 9.36 Å². The molecule has 0 aliphatic heterocycles. The maximum Gasteiger partial charge on any atom is 0.330 e. The maximum absolute atomic E-state index is 10.7. The van der Waals surface area contributed by atoms with Gasteiger partial charge < -0.3 is 4.74 Å². The molecule has 0 radical (unpaired) electrons. The molecule has 0 unspecified atom stereocenters. The topological polar surface area (TPSA) is 30.2 Å². The molecule has 0 aliphatic carbocycles. The molecule has 1 rings (SSSR count). The van der Waals surface area contributed by atoms with Gasteiger partial charge in [-0.3, -0.25) is 0 Å². The molecule has 0 N–H and O–H groups in total. The van der Waals surface area contributed by atoms with E-state index in [1.165, 1.54) is 6.08 Å². The van der Waals surface area contributed by atoms with E-state index in [1.54, 1.807) is 0 Å². The first-order valence-corrected chi connectivity index (χ1v) is 4.46. The Morgan fingerprint density at radius 2 is 2.50 bits per heavy atom. The Balaban J connectivity index is 2.38. The number of hydrogen-bond donors (Lipinski definition) is 0. The van der Waals surface area contributed by atoms with E-state index < -0.39 is 0 Å². The summed E-state index contributed by atoms with van der Waals surface area (Å²) >= 11 is 0. The average Bonchev–Trinajstić information content (AvgIpc) is 2.17. The lowest BCUT2D eigenvalue weighted by molar-refractivity contribution is -0.671. The van der Waals surface area contributed by atoms with Crippen LogP contribution in [0.25, 0.3) is 0 Å². The van der Waals surface area contributed by atoms with Gasteiger partial charge in [0, 0.05) is 24.1 Å². The Labute approximate surface area is 83.6 Å². The van der Waals surface area contributed by atoms with E-state index in [4.69, 9.17) is 4.74 Å². The van der Waals surface area contributed by atoms with Gasteiger partial charge in [-0.2, -0.15) is 0 Å². The van der Waals surface area contributed by atoms with Crippen molar-refractivity contribution in [3.05, 3.63) is 42.7 Å². The zero-order valence-electron chi connectivity index (χ0n) is 8.27. The molecule has 1 heterocycles. The Kier molecular flexibility index (Phi) is 3.85. The van der Waals surface area contributed by atoms with Crippen LogP contribution in [0.3, 0.4) is 0 Å². The number of rotatable bonds is 4. The lowest BCUT2D eigenvalue weighted by Gasteiger charge is -2.00. The van der Waals surface area contributed by atoms with Gasteiger partial charge >= 0.3 is 5.97 Å². The van der Waals surface area contributed by atoms with Crippen LogP contribution in [0.4, 0.5) is 0 Å². The van der Waals surface area contributed by atoms with Crippen LogP contribution in [0.1, 0.15) is 5.56 Å². The third kappa shape index (κ3) is 3.39. The fraction of sp³-hybridized carbons (Fsp3) is 0.273. The molecular formula is C11H14NO2+. The number of aromatic nitrogens is 1. The summed E-state index contributed by atoms with van der Waals surface area (Å²) < 4.78 is 6.83. The molecule has 0 aliphatic rings. The predicted octanol–water partition coefficient (Wildman–Crippen LogP) is 0.783. The molecule has 0 saturated carbocycles. The van der Waals surface area contributed by atoms with Crippen LogP contribution < -0.4 is 4.57 Å². The Hall–Kier alpha value is -1.64. The molecule has 0 amide bonds. The smallest absolute Gasteiger partial charge is 0.330 e. The average molecular weight is 192 g/mol. The summed E-state index contributed by atoms with van der Waals surface area (Å²) in [7, 11) is 1.96. The highest BCUT2D eigenvalue weighted by Gasteiger charge is 2.00. The van der Waals surface area contributed by atoms with E-state index >= 15 is 0 Å².